The van der Waals surface area contributed by atoms with Crippen molar-refractivity contribution in [3.63, 3.8) is 0 Å². The van der Waals surface area contributed by atoms with Gasteiger partial charge in [0.2, 0.25) is 6.71 Å². The van der Waals surface area contributed by atoms with Gasteiger partial charge in [0, 0.05) is 85.3 Å². The smallest absolute Gasteiger partial charge is 0.312 e. The molecule has 0 aromatic heterocycles. The molecule has 127 heavy (non-hydrogen) atoms. The van der Waals surface area contributed by atoms with Crippen LogP contribution >= 0.6 is 47.3 Å². The van der Waals surface area contributed by atoms with Crippen LogP contribution < -0.4 is 78.6 Å². The number of fused-ring (bicyclic) bond motifs is 10. The van der Waals surface area contributed by atoms with E-state index in [1.165, 1.54) is 167 Å². The van der Waals surface area contributed by atoms with Gasteiger partial charge in [-0.25, -0.2) is 0 Å². The summed E-state index contributed by atoms with van der Waals surface area (Å²) in [6.07, 6.45) is 0. The van der Waals surface area contributed by atoms with Gasteiger partial charge < -0.3 is 29.4 Å². The molecule has 6 nitrogen and oxygen atoms in total. The predicted molar refractivity (Wildman–Crippen MR) is 564 cm³/mol. The van der Waals surface area contributed by atoms with E-state index in [4.69, 9.17) is 0 Å². The number of aryl methyl sites for hydroxylation is 12. The van der Waals surface area contributed by atoms with Gasteiger partial charge in [0.25, 0.3) is 13.4 Å². The molecule has 21 rings (SSSR count). The molecule has 17 aromatic carbocycles. The van der Waals surface area contributed by atoms with E-state index in [1.54, 1.807) is 0 Å². The van der Waals surface area contributed by atoms with Crippen LogP contribution in [0.25, 0.3) is 0 Å². The normalized spacial score (nSPS) is 12.0. The van der Waals surface area contributed by atoms with Crippen LogP contribution in [0.5, 0.6) is 0 Å². The Morgan fingerprint density at radius 1 is 0.205 bits per heavy atom. The molecule has 0 fully saturated rings. The molecule has 4 aliphatic heterocycles. The van der Waals surface area contributed by atoms with Crippen LogP contribution in [0, 0.1) is 83.1 Å². The van der Waals surface area contributed by atoms with Gasteiger partial charge in [-0.15, -0.1) is 47.3 Å². The lowest BCUT2D eigenvalue weighted by molar-refractivity contribution is 1.21. The van der Waals surface area contributed by atoms with E-state index in [0.29, 0.717) is 6.71 Å². The summed E-state index contributed by atoms with van der Waals surface area (Å²) in [5.74, 6) is 0. The SMILES string of the molecule is BrB(Br)Br.Cc1ccc(N(c2ccc(C)cc2)c2cc(N(c3ccc(C)cc3)c3ccc(C)cc3)cc(N(c3ccc(C)cc3)c3ccc(C)cc3)c2)cc1.Cc1ccc(N2c3ccc(C)cc3B3c4cc(C)ccc4N4c5ccc(C)cc5B5c6cc(C)ccc6N(c6ccc(C)cc6)c6cc2c3c4c65)cc1.c1ccc(B(c2ccccc2)c2ccccc2)cc1. The van der Waals surface area contributed by atoms with Crippen LogP contribution in [0.1, 0.15) is 66.8 Å². The molecule has 0 unspecified atom stereocenters. The lowest BCUT2D eigenvalue weighted by atomic mass is 9.28. The molecule has 0 radical (unpaired) electrons. The van der Waals surface area contributed by atoms with Crippen LogP contribution in [0.15, 0.2) is 382 Å². The van der Waals surface area contributed by atoms with Crippen LogP contribution in [0.3, 0.4) is 0 Å². The molecule has 4 aliphatic rings. The number of benzene rings is 17. The number of halogens is 3. The quantitative estimate of drug-likeness (QED) is 0.100. The standard InChI is InChI=1S/C48H39B2N3.C48H45N3.C18H15B.BBr3/c1-28-7-15-34(16-8-28)51-40-19-11-30(3)23-36(40)49-38-25-32(5)13-21-42(38)53-43-22-14-33(6)26-39(43)50-37-24-31(4)12-20-41(37)52(35-17-9-29(2)10-18-35)45-27-44(51)46(49)48(53)47(45)50;1-34-7-19-40(20-8-34)49(41-21-9-35(2)10-22-41)46-31-47(50(42-23-11-36(3)12-24-42)43-25-13-37(4)14-26-43)33-48(32-46)51(44-27-15-38(5)16-28-44)45-29-17-39(6)18-30-45;1-4-10-16(11-5-1)19(17-12-6-2-7-13-17)18-14-8-3-9-15-18;2-1(3)4/h7-27H,1-6H3;7-33H,1-6H3;1-15H;. The van der Waals surface area contributed by atoms with Gasteiger partial charge >= 0.3 is 3.18 Å². The topological polar surface area (TPSA) is 19.4 Å². The molecule has 0 N–H and O–H groups in total. The zero-order valence-electron chi connectivity index (χ0n) is 74.0. The van der Waals surface area contributed by atoms with Gasteiger partial charge in [0.05, 0.1) is 17.1 Å². The first-order valence-electron chi connectivity index (χ1n) is 43.8. The molecule has 0 bridgehead atoms. The van der Waals surface area contributed by atoms with Gasteiger partial charge in [-0.3, -0.25) is 0 Å². The minimum atomic E-state index is 0.0902. The van der Waals surface area contributed by atoms with E-state index in [2.05, 4.69) is 542 Å². The summed E-state index contributed by atoms with van der Waals surface area (Å²) in [6.45, 7) is 26.6. The highest BCUT2D eigenvalue weighted by molar-refractivity contribution is 9.69. The maximum atomic E-state index is 3.10. The Kier molecular flexibility index (Phi) is 24.6. The number of rotatable bonds is 14. The Morgan fingerprint density at radius 3 is 0.638 bits per heavy atom. The van der Waals surface area contributed by atoms with Crippen LogP contribution in [-0.4, -0.2) is 23.3 Å². The Bertz CT molecular complexity index is 6110. The van der Waals surface area contributed by atoms with Crippen molar-refractivity contribution in [3.8, 4) is 0 Å². The van der Waals surface area contributed by atoms with E-state index in [-0.39, 0.29) is 16.6 Å². The van der Waals surface area contributed by atoms with E-state index in [0.717, 1.165) is 51.2 Å². The highest BCUT2D eigenvalue weighted by Crippen LogP contribution is 2.52. The average Bonchev–Trinajstić information content (AvgIpc) is 0.666. The minimum absolute atomic E-state index is 0.0902. The highest BCUT2D eigenvalue weighted by Gasteiger charge is 2.52. The summed E-state index contributed by atoms with van der Waals surface area (Å²) in [4.78, 5) is 14.8. The monoisotopic (exact) mass is 1830 g/mol. The molecule has 0 saturated carbocycles. The Hall–Kier alpha value is -12.8. The van der Waals surface area contributed by atoms with Gasteiger partial charge in [0.15, 0.2) is 0 Å². The van der Waals surface area contributed by atoms with E-state index < -0.39 is 0 Å². The molecule has 13 heteroatoms. The zero-order valence-corrected chi connectivity index (χ0v) is 78.8. The third-order valence-corrected chi connectivity index (χ3v) is 25.0. The van der Waals surface area contributed by atoms with E-state index in [9.17, 15) is 0 Å². The van der Waals surface area contributed by atoms with Gasteiger partial charge in [-0.05, 0) is 261 Å². The number of nitrogens with zero attached hydrogens (tertiary/aromatic N) is 6. The fraction of sp³-hybridized carbons (Fsp3) is 0.105. The van der Waals surface area contributed by atoms with Crippen molar-refractivity contribution in [2.45, 2.75) is 83.1 Å². The van der Waals surface area contributed by atoms with Gasteiger partial charge in [-0.2, -0.15) is 0 Å². The zero-order chi connectivity index (χ0) is 87.8. The van der Waals surface area contributed by atoms with Gasteiger partial charge in [0.1, 0.15) is 0 Å². The summed E-state index contributed by atoms with van der Waals surface area (Å²) in [7, 11) is 0. The second kappa shape index (κ2) is 36.7. The van der Waals surface area contributed by atoms with Crippen molar-refractivity contribution in [1.29, 1.82) is 0 Å². The second-order valence-corrected chi connectivity index (χ2v) is 41.0. The molecule has 618 valence electrons. The van der Waals surface area contributed by atoms with Crippen molar-refractivity contribution in [3.05, 3.63) is 449 Å². The molecule has 0 aliphatic carbocycles. The third kappa shape index (κ3) is 17.5. The van der Waals surface area contributed by atoms with E-state index in [1.807, 2.05) is 0 Å². The lowest BCUT2D eigenvalue weighted by Gasteiger charge is -2.51. The second-order valence-electron chi connectivity index (χ2n) is 34.5. The largest absolute Gasteiger partial charge is 0.369 e. The molecule has 0 atom stereocenters. The van der Waals surface area contributed by atoms with Crippen molar-refractivity contribution >= 4 is 222 Å². The van der Waals surface area contributed by atoms with E-state index >= 15 is 0 Å². The Labute approximate surface area is 777 Å². The molecular weight excluding hydrogens is 1740 g/mol. The van der Waals surface area contributed by atoms with Crippen molar-refractivity contribution in [1.82, 2.24) is 0 Å². The molecule has 0 saturated heterocycles. The fourth-order valence-corrected chi connectivity index (χ4v) is 18.8. The fourth-order valence-electron chi connectivity index (χ4n) is 18.8. The molecule has 0 spiro atoms. The predicted octanol–water partition coefficient (Wildman–Crippen LogP) is 26.5. The first kappa shape index (κ1) is 85.1. The van der Waals surface area contributed by atoms with Crippen molar-refractivity contribution in [2.75, 3.05) is 29.4 Å². The maximum absolute atomic E-state index is 3.10. The first-order chi connectivity index (χ1) is 61.6. The summed E-state index contributed by atoms with van der Waals surface area (Å²) in [5, 5.41) is 0. The molecule has 0 amide bonds. The average molecular weight is 1840 g/mol. The van der Waals surface area contributed by atoms with Crippen molar-refractivity contribution in [2.24, 2.45) is 0 Å². The highest BCUT2D eigenvalue weighted by atomic mass is 79.9. The van der Waals surface area contributed by atoms with Crippen LogP contribution in [-0.2, 0) is 0 Å². The minimum Gasteiger partial charge on any atom is -0.312 e. The summed E-state index contributed by atoms with van der Waals surface area (Å²) >= 11 is 9.31. The summed E-state index contributed by atoms with van der Waals surface area (Å²) in [5.41, 5.74) is 48.4. The first-order valence-corrected chi connectivity index (χ1v) is 46.6. The van der Waals surface area contributed by atoms with Crippen molar-refractivity contribution < 1.29 is 0 Å². The maximum Gasteiger partial charge on any atom is 0.369 e. The number of anilines is 18. The molecular formula is C114H99B4Br3N6. The lowest BCUT2D eigenvalue weighted by Crippen LogP contribution is -2.68. The number of hydrogen-bond donors (Lipinski definition) is 0. The molecule has 4 heterocycles. The van der Waals surface area contributed by atoms with Crippen LogP contribution in [0.2, 0.25) is 0 Å². The Balaban J connectivity index is 0.000000138. The Morgan fingerprint density at radius 2 is 0.409 bits per heavy atom. The number of hydrogen-bond acceptors (Lipinski definition) is 6. The third-order valence-electron chi connectivity index (χ3n) is 25.0. The summed E-state index contributed by atoms with van der Waals surface area (Å²) in [6, 6.07) is 141. The summed E-state index contributed by atoms with van der Waals surface area (Å²) < 4.78 is 0.271. The van der Waals surface area contributed by atoms with Crippen LogP contribution in [0.4, 0.5) is 102 Å². The van der Waals surface area contributed by atoms with Gasteiger partial charge in [-0.1, -0.05) is 320 Å². The molecule has 17 aromatic rings.